The van der Waals surface area contributed by atoms with Gasteiger partial charge >= 0.3 is 5.97 Å². The van der Waals surface area contributed by atoms with Crippen LogP contribution in [-0.4, -0.2) is 56.7 Å². The van der Waals surface area contributed by atoms with Gasteiger partial charge in [-0.3, -0.25) is 9.69 Å². The largest absolute Gasteiger partial charge is 0.497 e. The lowest BCUT2D eigenvalue weighted by Gasteiger charge is -2.14. The normalized spacial score (nSPS) is 19.3. The van der Waals surface area contributed by atoms with Gasteiger partial charge in [-0.1, -0.05) is 0 Å². The van der Waals surface area contributed by atoms with Crippen molar-refractivity contribution in [1.82, 2.24) is 10.2 Å². The number of esters is 1. The van der Waals surface area contributed by atoms with E-state index in [-0.39, 0.29) is 18.4 Å². The fourth-order valence-corrected chi connectivity index (χ4v) is 2.51. The Hall–Kier alpha value is -2.72. The molecule has 0 aliphatic carbocycles. The minimum Gasteiger partial charge on any atom is -0.497 e. The third kappa shape index (κ3) is 4.88. The van der Waals surface area contributed by atoms with E-state index in [0.717, 1.165) is 5.56 Å². The molecule has 3 atom stereocenters. The number of nitrogens with zero attached hydrogens (tertiary/aromatic N) is 1. The second kappa shape index (κ2) is 8.40. The van der Waals surface area contributed by atoms with E-state index in [1.54, 1.807) is 20.3 Å². The molecule has 7 heteroatoms. The molecule has 0 aromatic heterocycles. The average molecular weight is 346 g/mol. The number of terminal acetylenes is 1. The molecule has 1 aromatic carbocycles. The summed E-state index contributed by atoms with van der Waals surface area (Å²) in [6, 6.07) is 4.47. The van der Waals surface area contributed by atoms with Crippen LogP contribution in [0.25, 0.3) is 0 Å². The van der Waals surface area contributed by atoms with E-state index in [1.165, 1.54) is 7.11 Å². The predicted molar refractivity (Wildman–Crippen MR) is 91.1 cm³/mol. The van der Waals surface area contributed by atoms with Crippen molar-refractivity contribution in [2.45, 2.75) is 25.0 Å². The van der Waals surface area contributed by atoms with Crippen LogP contribution in [0.1, 0.15) is 12.0 Å². The number of hydrogen-bond acceptors (Lipinski definition) is 6. The summed E-state index contributed by atoms with van der Waals surface area (Å²) in [5, 5.41) is 2.64. The van der Waals surface area contributed by atoms with Gasteiger partial charge in [-0.2, -0.15) is 0 Å². The van der Waals surface area contributed by atoms with Crippen molar-refractivity contribution >= 4 is 11.9 Å². The van der Waals surface area contributed by atoms with Crippen LogP contribution in [0.5, 0.6) is 11.5 Å². The van der Waals surface area contributed by atoms with Crippen molar-refractivity contribution in [3.05, 3.63) is 23.8 Å². The van der Waals surface area contributed by atoms with Crippen LogP contribution in [0.4, 0.5) is 0 Å². The molecule has 7 nitrogen and oxygen atoms in total. The molecule has 1 heterocycles. The molecule has 1 saturated heterocycles. The molecule has 1 aromatic rings. The molecule has 2 rings (SSSR count). The molecule has 25 heavy (non-hydrogen) atoms. The highest BCUT2D eigenvalue weighted by Crippen LogP contribution is 2.27. The molecule has 0 saturated carbocycles. The summed E-state index contributed by atoms with van der Waals surface area (Å²) in [5.74, 6) is 2.97. The Labute approximate surface area is 147 Å². The van der Waals surface area contributed by atoms with E-state index in [1.807, 2.05) is 17.0 Å². The molecule has 1 aliphatic heterocycles. The summed E-state index contributed by atoms with van der Waals surface area (Å²) in [7, 11) is 4.44. The van der Waals surface area contributed by atoms with Crippen molar-refractivity contribution in [2.75, 3.05) is 27.9 Å². The van der Waals surface area contributed by atoms with E-state index in [4.69, 9.17) is 15.9 Å². The molecule has 134 valence electrons. The number of benzene rings is 1. The zero-order valence-electron chi connectivity index (χ0n) is 14.6. The zero-order chi connectivity index (χ0) is 18.4. The lowest BCUT2D eigenvalue weighted by molar-refractivity contribution is -0.144. The van der Waals surface area contributed by atoms with Gasteiger partial charge in [0.2, 0.25) is 5.91 Å². The first-order valence-electron chi connectivity index (χ1n) is 7.80. The number of rotatable bonds is 8. The molecule has 1 N–H and O–H groups in total. The summed E-state index contributed by atoms with van der Waals surface area (Å²) < 4.78 is 15.1. The SMILES string of the molecule is C#CCC(NC(=O)C1CN1Cc1cc(OC)cc(OC)c1)C(=O)OC. The van der Waals surface area contributed by atoms with Crippen LogP contribution in [0.15, 0.2) is 18.2 Å². The average Bonchev–Trinajstić information content (AvgIpc) is 3.39. The Morgan fingerprint density at radius 2 is 1.92 bits per heavy atom. The number of carbonyl (C=O) groups is 2. The van der Waals surface area contributed by atoms with Gasteiger partial charge in [0.15, 0.2) is 0 Å². The molecule has 1 aliphatic rings. The molecular weight excluding hydrogens is 324 g/mol. The first kappa shape index (κ1) is 18.6. The maximum atomic E-state index is 12.3. The first-order valence-corrected chi connectivity index (χ1v) is 7.80. The predicted octanol–water partition coefficient (Wildman–Crippen LogP) is 0.569. The van der Waals surface area contributed by atoms with Crippen LogP contribution in [0.3, 0.4) is 0 Å². The van der Waals surface area contributed by atoms with Gasteiger partial charge in [-0.25, -0.2) is 4.79 Å². The van der Waals surface area contributed by atoms with Crippen molar-refractivity contribution < 1.29 is 23.8 Å². The highest BCUT2D eigenvalue weighted by Gasteiger charge is 2.41. The molecular formula is C18H22N2O5. The van der Waals surface area contributed by atoms with Crippen LogP contribution in [-0.2, 0) is 20.9 Å². The molecule has 3 unspecified atom stereocenters. The van der Waals surface area contributed by atoms with Gasteiger partial charge in [-0.15, -0.1) is 12.3 Å². The topological polar surface area (TPSA) is 76.9 Å². The molecule has 0 spiro atoms. The van der Waals surface area contributed by atoms with Gasteiger partial charge in [0, 0.05) is 25.6 Å². The van der Waals surface area contributed by atoms with Gasteiger partial charge in [-0.05, 0) is 17.7 Å². The van der Waals surface area contributed by atoms with Gasteiger partial charge < -0.3 is 19.5 Å². The number of ether oxygens (including phenoxy) is 3. The fourth-order valence-electron chi connectivity index (χ4n) is 2.51. The zero-order valence-corrected chi connectivity index (χ0v) is 14.6. The van der Waals surface area contributed by atoms with Crippen molar-refractivity contribution in [3.63, 3.8) is 0 Å². The molecule has 1 amide bonds. The third-order valence-corrected chi connectivity index (χ3v) is 3.94. The Bertz CT molecular complexity index is 660. The quantitative estimate of drug-likeness (QED) is 0.421. The monoisotopic (exact) mass is 346 g/mol. The Balaban J connectivity index is 1.95. The summed E-state index contributed by atoms with van der Waals surface area (Å²) in [5.41, 5.74) is 0.972. The Morgan fingerprint density at radius 1 is 1.28 bits per heavy atom. The maximum absolute atomic E-state index is 12.3. The number of amides is 1. The molecule has 1 fully saturated rings. The molecule has 0 bridgehead atoms. The van der Waals surface area contributed by atoms with E-state index >= 15 is 0 Å². The summed E-state index contributed by atoms with van der Waals surface area (Å²) in [6.45, 7) is 1.18. The Morgan fingerprint density at radius 3 is 2.44 bits per heavy atom. The summed E-state index contributed by atoms with van der Waals surface area (Å²) in [6.07, 6.45) is 5.33. The highest BCUT2D eigenvalue weighted by molar-refractivity contribution is 5.89. The Kier molecular flexibility index (Phi) is 6.25. The van der Waals surface area contributed by atoms with Crippen LogP contribution >= 0.6 is 0 Å². The fraction of sp³-hybridized carbons (Fsp3) is 0.444. The number of carbonyl (C=O) groups excluding carboxylic acids is 2. The van der Waals surface area contributed by atoms with Crippen LogP contribution in [0.2, 0.25) is 0 Å². The summed E-state index contributed by atoms with van der Waals surface area (Å²) in [4.78, 5) is 25.9. The van der Waals surface area contributed by atoms with E-state index in [9.17, 15) is 9.59 Å². The van der Waals surface area contributed by atoms with Crippen LogP contribution in [0, 0.1) is 12.3 Å². The number of hydrogen-bond donors (Lipinski definition) is 1. The van der Waals surface area contributed by atoms with Gasteiger partial charge in [0.25, 0.3) is 0 Å². The standard InChI is InChI=1S/C18H22N2O5/c1-5-6-15(18(22)25-4)19-17(21)16-11-20(16)10-12-7-13(23-2)9-14(8-12)24-3/h1,7-9,15-16H,6,10-11H2,2-4H3,(H,19,21). The summed E-state index contributed by atoms with van der Waals surface area (Å²) >= 11 is 0. The van der Waals surface area contributed by atoms with Crippen molar-refractivity contribution in [3.8, 4) is 23.8 Å². The lowest BCUT2D eigenvalue weighted by atomic mass is 10.2. The number of methoxy groups -OCH3 is 3. The van der Waals surface area contributed by atoms with E-state index in [0.29, 0.717) is 24.6 Å². The van der Waals surface area contributed by atoms with Gasteiger partial charge in [0.1, 0.15) is 23.6 Å². The molecule has 0 radical (unpaired) electrons. The maximum Gasteiger partial charge on any atom is 0.329 e. The second-order valence-corrected chi connectivity index (χ2v) is 5.66. The first-order chi connectivity index (χ1) is 12.0. The smallest absolute Gasteiger partial charge is 0.329 e. The second-order valence-electron chi connectivity index (χ2n) is 5.66. The number of nitrogens with one attached hydrogen (secondary N) is 1. The van der Waals surface area contributed by atoms with Gasteiger partial charge in [0.05, 0.1) is 21.3 Å². The lowest BCUT2D eigenvalue weighted by Crippen LogP contribution is -2.43. The minimum absolute atomic E-state index is 0.0955. The van der Waals surface area contributed by atoms with E-state index < -0.39 is 12.0 Å². The highest BCUT2D eigenvalue weighted by atomic mass is 16.5. The minimum atomic E-state index is -0.818. The third-order valence-electron chi connectivity index (χ3n) is 3.94. The van der Waals surface area contributed by atoms with Crippen molar-refractivity contribution in [1.29, 1.82) is 0 Å². The van der Waals surface area contributed by atoms with Crippen LogP contribution < -0.4 is 14.8 Å². The van der Waals surface area contributed by atoms with E-state index in [2.05, 4.69) is 16.0 Å². The van der Waals surface area contributed by atoms with Crippen molar-refractivity contribution in [2.24, 2.45) is 0 Å².